The predicted octanol–water partition coefficient (Wildman–Crippen LogP) is 1.80. The van der Waals surface area contributed by atoms with Crippen molar-refractivity contribution in [2.75, 3.05) is 7.11 Å². The van der Waals surface area contributed by atoms with Crippen LogP contribution in [0.3, 0.4) is 0 Å². The number of methoxy groups -OCH3 is 1. The Balaban J connectivity index is 1.93. The van der Waals surface area contributed by atoms with Crippen molar-refractivity contribution in [1.82, 2.24) is 15.1 Å². The lowest BCUT2D eigenvalue weighted by Gasteiger charge is -2.29. The number of carbonyl (C=O) groups is 1. The molecular formula is C13H19F2N3O2. The first-order valence-electron chi connectivity index (χ1n) is 6.61. The Labute approximate surface area is 116 Å². The van der Waals surface area contributed by atoms with Crippen LogP contribution >= 0.6 is 0 Å². The van der Waals surface area contributed by atoms with Crippen molar-refractivity contribution in [3.05, 3.63) is 18.0 Å². The van der Waals surface area contributed by atoms with Crippen molar-refractivity contribution in [3.63, 3.8) is 0 Å². The smallest absolute Gasteiger partial charge is 0.254 e. The third-order valence-corrected chi connectivity index (χ3v) is 3.56. The van der Waals surface area contributed by atoms with E-state index in [1.54, 1.807) is 24.1 Å². The summed E-state index contributed by atoms with van der Waals surface area (Å²) in [6, 6.07) is -0.212. The highest BCUT2D eigenvalue weighted by molar-refractivity contribution is 5.82. The molecule has 0 spiro atoms. The summed E-state index contributed by atoms with van der Waals surface area (Å²) in [6.45, 7) is 0. The first-order chi connectivity index (χ1) is 9.41. The summed E-state index contributed by atoms with van der Waals surface area (Å²) in [4.78, 5) is 12.2. The van der Waals surface area contributed by atoms with E-state index < -0.39 is 12.0 Å². The van der Waals surface area contributed by atoms with E-state index in [4.69, 9.17) is 4.74 Å². The van der Waals surface area contributed by atoms with Crippen molar-refractivity contribution in [2.45, 2.75) is 43.8 Å². The van der Waals surface area contributed by atoms with Gasteiger partial charge in [0, 0.05) is 44.8 Å². The molecule has 2 rings (SSSR count). The van der Waals surface area contributed by atoms with Crippen molar-refractivity contribution < 1.29 is 18.3 Å². The van der Waals surface area contributed by atoms with Gasteiger partial charge in [-0.05, 0) is 12.8 Å². The molecule has 1 aliphatic rings. The quantitative estimate of drug-likeness (QED) is 0.918. The van der Waals surface area contributed by atoms with Gasteiger partial charge in [-0.1, -0.05) is 0 Å². The Bertz CT molecular complexity index is 466. The minimum atomic E-state index is -2.59. The standard InChI is InChI=1S/C13H19F2N3O2/c1-18-8-9(7-16-18)11(20-2)12(19)17-10-3-5-13(14,15)6-4-10/h7-8,10-11H,3-6H2,1-2H3,(H,17,19). The molecule has 1 aromatic rings. The molecule has 0 saturated heterocycles. The van der Waals surface area contributed by atoms with Crippen LogP contribution in [0.5, 0.6) is 0 Å². The van der Waals surface area contributed by atoms with E-state index in [-0.39, 0.29) is 24.8 Å². The number of amides is 1. The first kappa shape index (κ1) is 14.9. The molecule has 7 heteroatoms. The lowest BCUT2D eigenvalue weighted by Crippen LogP contribution is -2.42. The zero-order valence-corrected chi connectivity index (χ0v) is 11.6. The van der Waals surface area contributed by atoms with Gasteiger partial charge in [-0.2, -0.15) is 5.10 Å². The highest BCUT2D eigenvalue weighted by atomic mass is 19.3. The molecule has 20 heavy (non-hydrogen) atoms. The zero-order chi connectivity index (χ0) is 14.8. The Morgan fingerprint density at radius 2 is 2.20 bits per heavy atom. The minimum absolute atomic E-state index is 0.178. The molecule has 1 unspecified atom stereocenters. The second-order valence-corrected chi connectivity index (χ2v) is 5.20. The maximum Gasteiger partial charge on any atom is 0.254 e. The first-order valence-corrected chi connectivity index (χ1v) is 6.61. The Morgan fingerprint density at radius 1 is 1.55 bits per heavy atom. The third kappa shape index (κ3) is 3.53. The number of carbonyl (C=O) groups excluding carboxylic acids is 1. The van der Waals surface area contributed by atoms with Crippen LogP contribution in [0.4, 0.5) is 8.78 Å². The Kier molecular flexibility index (Phi) is 4.37. The number of rotatable bonds is 4. The van der Waals surface area contributed by atoms with Crippen LogP contribution in [0.1, 0.15) is 37.4 Å². The molecule has 112 valence electrons. The van der Waals surface area contributed by atoms with Gasteiger partial charge in [-0.3, -0.25) is 9.48 Å². The summed E-state index contributed by atoms with van der Waals surface area (Å²) in [5.41, 5.74) is 0.647. The van der Waals surface area contributed by atoms with Gasteiger partial charge in [0.05, 0.1) is 6.20 Å². The van der Waals surface area contributed by atoms with Crippen LogP contribution in [0.2, 0.25) is 0 Å². The summed E-state index contributed by atoms with van der Waals surface area (Å²) >= 11 is 0. The fourth-order valence-electron chi connectivity index (χ4n) is 2.43. The summed E-state index contributed by atoms with van der Waals surface area (Å²) in [5.74, 6) is -2.90. The topological polar surface area (TPSA) is 56.1 Å². The number of aryl methyl sites for hydroxylation is 1. The van der Waals surface area contributed by atoms with Gasteiger partial charge >= 0.3 is 0 Å². The molecule has 0 aromatic carbocycles. The number of hydrogen-bond donors (Lipinski definition) is 1. The average molecular weight is 287 g/mol. The number of halogens is 2. The predicted molar refractivity (Wildman–Crippen MR) is 68.3 cm³/mol. The van der Waals surface area contributed by atoms with E-state index in [9.17, 15) is 13.6 Å². The largest absolute Gasteiger partial charge is 0.367 e. The van der Waals surface area contributed by atoms with Gasteiger partial charge in [-0.15, -0.1) is 0 Å². The van der Waals surface area contributed by atoms with E-state index in [0.717, 1.165) is 0 Å². The van der Waals surface area contributed by atoms with Crippen LogP contribution in [-0.4, -0.2) is 34.8 Å². The molecule has 1 fully saturated rings. The summed E-state index contributed by atoms with van der Waals surface area (Å²) in [5, 5.41) is 6.77. The van der Waals surface area contributed by atoms with Crippen molar-refractivity contribution in [1.29, 1.82) is 0 Å². The highest BCUT2D eigenvalue weighted by Crippen LogP contribution is 2.33. The van der Waals surface area contributed by atoms with Crippen molar-refractivity contribution >= 4 is 5.91 Å². The molecule has 1 aliphatic carbocycles. The van der Waals surface area contributed by atoms with Gasteiger partial charge in [0.25, 0.3) is 5.91 Å². The lowest BCUT2D eigenvalue weighted by atomic mass is 9.92. The van der Waals surface area contributed by atoms with Gasteiger partial charge in [0.1, 0.15) is 0 Å². The molecule has 0 aliphatic heterocycles. The number of ether oxygens (including phenoxy) is 1. The van der Waals surface area contributed by atoms with Gasteiger partial charge in [0.15, 0.2) is 6.10 Å². The molecule has 1 atom stereocenters. The fraction of sp³-hybridized carbons (Fsp3) is 0.692. The fourth-order valence-corrected chi connectivity index (χ4v) is 2.43. The van der Waals surface area contributed by atoms with Crippen LogP contribution < -0.4 is 5.32 Å². The van der Waals surface area contributed by atoms with Crippen molar-refractivity contribution in [3.8, 4) is 0 Å². The zero-order valence-electron chi connectivity index (χ0n) is 11.6. The highest BCUT2D eigenvalue weighted by Gasteiger charge is 2.36. The number of nitrogens with zero attached hydrogens (tertiary/aromatic N) is 2. The monoisotopic (exact) mass is 287 g/mol. The van der Waals surface area contributed by atoms with Crippen LogP contribution in [0, 0.1) is 0 Å². The van der Waals surface area contributed by atoms with Crippen LogP contribution in [0.15, 0.2) is 12.4 Å². The van der Waals surface area contributed by atoms with Crippen molar-refractivity contribution in [2.24, 2.45) is 7.05 Å². The number of alkyl halides is 2. The second-order valence-electron chi connectivity index (χ2n) is 5.20. The van der Waals surface area contributed by atoms with Gasteiger partial charge < -0.3 is 10.1 Å². The summed E-state index contributed by atoms with van der Waals surface area (Å²) < 4.78 is 32.9. The van der Waals surface area contributed by atoms with E-state index in [1.165, 1.54) is 7.11 Å². The molecule has 0 radical (unpaired) electrons. The molecule has 0 bridgehead atoms. The van der Waals surface area contributed by atoms with E-state index in [0.29, 0.717) is 18.4 Å². The van der Waals surface area contributed by atoms with Crippen LogP contribution in [-0.2, 0) is 16.6 Å². The van der Waals surface area contributed by atoms with Crippen LogP contribution in [0.25, 0.3) is 0 Å². The lowest BCUT2D eigenvalue weighted by molar-refractivity contribution is -0.133. The number of aromatic nitrogens is 2. The summed E-state index contributed by atoms with van der Waals surface area (Å²) in [7, 11) is 3.18. The molecule has 1 heterocycles. The van der Waals surface area contributed by atoms with E-state index >= 15 is 0 Å². The number of nitrogens with one attached hydrogen (secondary N) is 1. The minimum Gasteiger partial charge on any atom is -0.367 e. The van der Waals surface area contributed by atoms with Gasteiger partial charge in [-0.25, -0.2) is 8.78 Å². The second kappa shape index (κ2) is 5.87. The molecule has 1 amide bonds. The van der Waals surface area contributed by atoms with E-state index in [2.05, 4.69) is 10.4 Å². The normalized spacial score (nSPS) is 20.6. The molecule has 1 N–H and O–H groups in total. The molecule has 1 saturated carbocycles. The average Bonchev–Trinajstić information content (AvgIpc) is 2.79. The SMILES string of the molecule is COC(C(=O)NC1CCC(F)(F)CC1)c1cnn(C)c1. The maximum atomic E-state index is 13.1. The molecule has 1 aromatic heterocycles. The summed E-state index contributed by atoms with van der Waals surface area (Å²) in [6.07, 6.45) is 2.73. The Hall–Kier alpha value is -1.50. The third-order valence-electron chi connectivity index (χ3n) is 3.56. The molecular weight excluding hydrogens is 268 g/mol. The molecule has 5 nitrogen and oxygen atoms in total. The van der Waals surface area contributed by atoms with E-state index in [1.807, 2.05) is 0 Å². The Morgan fingerprint density at radius 3 is 2.70 bits per heavy atom. The maximum absolute atomic E-state index is 13.1. The number of hydrogen-bond acceptors (Lipinski definition) is 3. The van der Waals surface area contributed by atoms with Gasteiger partial charge in [0.2, 0.25) is 5.92 Å².